The molecule has 0 unspecified atom stereocenters. The predicted molar refractivity (Wildman–Crippen MR) is 110 cm³/mol. The molecule has 152 valence electrons. The van der Waals surface area contributed by atoms with Crippen molar-refractivity contribution in [2.24, 2.45) is 0 Å². The maximum absolute atomic E-state index is 12.9. The fourth-order valence-electron chi connectivity index (χ4n) is 4.35. The van der Waals surface area contributed by atoms with Crippen molar-refractivity contribution in [3.05, 3.63) is 53.0 Å². The maximum Gasteiger partial charge on any atom is 0.339 e. The molecule has 0 atom stereocenters. The molecule has 0 spiro atoms. The van der Waals surface area contributed by atoms with E-state index in [1.165, 1.54) is 11.8 Å². The normalized spacial score (nSPS) is 15.2. The summed E-state index contributed by atoms with van der Waals surface area (Å²) in [4.78, 5) is 29.4. The van der Waals surface area contributed by atoms with Crippen LogP contribution in [0.25, 0.3) is 10.9 Å². The van der Waals surface area contributed by atoms with Crippen LogP contribution < -0.4 is 0 Å². The van der Waals surface area contributed by atoms with Gasteiger partial charge in [-0.15, -0.1) is 0 Å². The number of aromatic nitrogens is 3. The van der Waals surface area contributed by atoms with Crippen LogP contribution in [-0.4, -0.2) is 49.7 Å². The van der Waals surface area contributed by atoms with Gasteiger partial charge in [0.2, 0.25) is 5.91 Å². The minimum absolute atomic E-state index is 0.132. The fraction of sp³-hybridized carbons (Fsp3) is 0.409. The Bertz CT molecular complexity index is 1060. The van der Waals surface area contributed by atoms with Crippen LogP contribution >= 0.6 is 0 Å². The van der Waals surface area contributed by atoms with E-state index in [0.29, 0.717) is 25.2 Å². The highest BCUT2D eigenvalue weighted by molar-refractivity contribution is 5.90. The number of carboxylic acids is 1. The van der Waals surface area contributed by atoms with E-state index in [1.807, 2.05) is 17.2 Å². The summed E-state index contributed by atoms with van der Waals surface area (Å²) in [6.45, 7) is 5.24. The van der Waals surface area contributed by atoms with Crippen LogP contribution in [-0.2, 0) is 17.6 Å². The van der Waals surface area contributed by atoms with E-state index < -0.39 is 5.97 Å². The third kappa shape index (κ3) is 3.52. The van der Waals surface area contributed by atoms with E-state index >= 15 is 0 Å². The summed E-state index contributed by atoms with van der Waals surface area (Å²) >= 11 is 0. The first-order valence-corrected chi connectivity index (χ1v) is 10.1. The predicted octanol–water partition coefficient (Wildman–Crippen LogP) is 3.34. The number of carboxylic acid groups (broad SMARTS) is 1. The van der Waals surface area contributed by atoms with Crippen LogP contribution in [0, 0.1) is 6.92 Å². The summed E-state index contributed by atoms with van der Waals surface area (Å²) in [6.07, 6.45) is 6.27. The summed E-state index contributed by atoms with van der Waals surface area (Å²) in [7, 11) is 0. The monoisotopic (exact) mass is 394 g/mol. The Labute approximate surface area is 169 Å². The minimum Gasteiger partial charge on any atom is -0.478 e. The second kappa shape index (κ2) is 7.73. The van der Waals surface area contributed by atoms with Crippen molar-refractivity contribution < 1.29 is 14.7 Å². The van der Waals surface area contributed by atoms with Gasteiger partial charge in [-0.25, -0.2) is 4.79 Å². The van der Waals surface area contributed by atoms with Crippen LogP contribution in [0.3, 0.4) is 0 Å². The smallest absolute Gasteiger partial charge is 0.339 e. The van der Waals surface area contributed by atoms with E-state index in [-0.39, 0.29) is 17.5 Å². The zero-order valence-corrected chi connectivity index (χ0v) is 16.8. The zero-order valence-electron chi connectivity index (χ0n) is 16.8. The molecule has 3 heterocycles. The van der Waals surface area contributed by atoms with Gasteiger partial charge in [0.1, 0.15) is 5.56 Å². The lowest BCUT2D eigenvalue weighted by Crippen LogP contribution is -2.40. The Balaban J connectivity index is 1.42. The molecule has 0 bridgehead atoms. The number of carbonyl (C=O) groups excluding carboxylic acids is 1. The number of carbonyl (C=O) groups is 2. The lowest BCUT2D eigenvalue weighted by Gasteiger charge is -2.32. The Hall–Kier alpha value is -3.09. The first-order chi connectivity index (χ1) is 14.0. The Kier molecular flexibility index (Phi) is 5.13. The van der Waals surface area contributed by atoms with Crippen LogP contribution in [0.1, 0.15) is 53.0 Å². The van der Waals surface area contributed by atoms with Gasteiger partial charge in [-0.2, -0.15) is 5.10 Å². The number of nitrogens with one attached hydrogen (secondary N) is 1. The number of benzene rings is 1. The zero-order chi connectivity index (χ0) is 20.5. The van der Waals surface area contributed by atoms with Crippen LogP contribution in [0.2, 0.25) is 0 Å². The summed E-state index contributed by atoms with van der Waals surface area (Å²) in [5.74, 6) is -0.819. The summed E-state index contributed by atoms with van der Waals surface area (Å²) in [5, 5.41) is 14.6. The number of amides is 1. The number of nitrogens with zero attached hydrogens (tertiary/aromatic N) is 3. The largest absolute Gasteiger partial charge is 0.478 e. The molecular formula is C22H26N4O3. The fourth-order valence-corrected chi connectivity index (χ4v) is 4.35. The van der Waals surface area contributed by atoms with Crippen molar-refractivity contribution in [3.63, 3.8) is 0 Å². The molecule has 0 aliphatic carbocycles. The molecule has 7 heteroatoms. The number of fused-ring (bicyclic) bond motifs is 1. The minimum atomic E-state index is -0.952. The molecule has 1 aromatic carbocycles. The number of hydrogen-bond donors (Lipinski definition) is 2. The molecule has 0 radical (unpaired) electrons. The van der Waals surface area contributed by atoms with E-state index in [1.54, 1.807) is 11.6 Å². The molecule has 1 saturated heterocycles. The van der Waals surface area contributed by atoms with E-state index in [4.69, 9.17) is 0 Å². The number of rotatable bonds is 5. The number of piperidine rings is 1. The third-order valence-electron chi connectivity index (χ3n) is 6.05. The molecule has 3 aromatic rings. The highest BCUT2D eigenvalue weighted by Gasteiger charge is 2.27. The van der Waals surface area contributed by atoms with Crippen molar-refractivity contribution in [3.8, 4) is 0 Å². The average Bonchev–Trinajstić information content (AvgIpc) is 3.31. The molecule has 2 aromatic heterocycles. The SMILES string of the molecule is CCc1cccc2c(CC(=O)N3CCC(n4ncc(C(=O)O)c4C)CC3)c[nH]c12. The molecule has 1 aliphatic rings. The number of H-pyrrole nitrogens is 1. The standard InChI is InChI=1S/C22H26N4O3/c1-3-15-5-4-6-18-16(12-23-21(15)18)11-20(27)25-9-7-17(8-10-25)26-14(2)19(13-24-26)22(28)29/h4-6,12-13,17,23H,3,7-11H2,1-2H3,(H,28,29). The quantitative estimate of drug-likeness (QED) is 0.694. The number of likely N-dealkylation sites (tertiary alicyclic amines) is 1. The van der Waals surface area contributed by atoms with Gasteiger partial charge in [0.15, 0.2) is 0 Å². The topological polar surface area (TPSA) is 91.2 Å². The second-order valence-corrected chi connectivity index (χ2v) is 7.69. The van der Waals surface area contributed by atoms with E-state index in [9.17, 15) is 14.7 Å². The average molecular weight is 394 g/mol. The lowest BCUT2D eigenvalue weighted by molar-refractivity contribution is -0.131. The molecule has 1 amide bonds. The van der Waals surface area contributed by atoms with Gasteiger partial charge in [0.25, 0.3) is 0 Å². The number of aromatic carboxylic acids is 1. The molecule has 7 nitrogen and oxygen atoms in total. The van der Waals surface area contributed by atoms with E-state index in [0.717, 1.165) is 35.7 Å². The number of aryl methyl sites for hydroxylation is 1. The lowest BCUT2D eigenvalue weighted by atomic mass is 10.0. The molecule has 29 heavy (non-hydrogen) atoms. The molecule has 2 N–H and O–H groups in total. The first-order valence-electron chi connectivity index (χ1n) is 10.1. The maximum atomic E-state index is 12.9. The van der Waals surface area contributed by atoms with Crippen molar-refractivity contribution in [1.82, 2.24) is 19.7 Å². The number of hydrogen-bond acceptors (Lipinski definition) is 3. The first kappa shape index (κ1) is 19.2. The van der Waals surface area contributed by atoms with Crippen molar-refractivity contribution in [2.45, 2.75) is 45.6 Å². The van der Waals surface area contributed by atoms with Crippen molar-refractivity contribution in [1.29, 1.82) is 0 Å². The van der Waals surface area contributed by atoms with Gasteiger partial charge in [0.05, 0.1) is 24.4 Å². The highest BCUT2D eigenvalue weighted by atomic mass is 16.4. The van der Waals surface area contributed by atoms with Crippen LogP contribution in [0.4, 0.5) is 0 Å². The van der Waals surface area contributed by atoms with E-state index in [2.05, 4.69) is 29.1 Å². The number of para-hydroxylation sites is 1. The highest BCUT2D eigenvalue weighted by Crippen LogP contribution is 2.26. The van der Waals surface area contributed by atoms with Gasteiger partial charge in [0, 0.05) is 30.2 Å². The van der Waals surface area contributed by atoms with Crippen molar-refractivity contribution in [2.75, 3.05) is 13.1 Å². The summed E-state index contributed by atoms with van der Waals surface area (Å²) in [5.41, 5.74) is 4.34. The van der Waals surface area contributed by atoms with Gasteiger partial charge in [-0.1, -0.05) is 25.1 Å². The van der Waals surface area contributed by atoms with Crippen LogP contribution in [0.5, 0.6) is 0 Å². The summed E-state index contributed by atoms with van der Waals surface area (Å²) in [6, 6.07) is 6.36. The molecule has 1 aliphatic heterocycles. The Morgan fingerprint density at radius 3 is 2.66 bits per heavy atom. The summed E-state index contributed by atoms with van der Waals surface area (Å²) < 4.78 is 1.80. The Morgan fingerprint density at radius 1 is 1.24 bits per heavy atom. The van der Waals surface area contributed by atoms with Gasteiger partial charge < -0.3 is 15.0 Å². The number of aromatic amines is 1. The Morgan fingerprint density at radius 2 is 2.00 bits per heavy atom. The van der Waals surface area contributed by atoms with Crippen LogP contribution in [0.15, 0.2) is 30.6 Å². The third-order valence-corrected chi connectivity index (χ3v) is 6.05. The van der Waals surface area contributed by atoms with Gasteiger partial charge >= 0.3 is 5.97 Å². The molecule has 4 rings (SSSR count). The molecule has 1 fully saturated rings. The van der Waals surface area contributed by atoms with Gasteiger partial charge in [-0.05, 0) is 37.3 Å². The van der Waals surface area contributed by atoms with Crippen molar-refractivity contribution >= 4 is 22.8 Å². The molecule has 0 saturated carbocycles. The van der Waals surface area contributed by atoms with Gasteiger partial charge in [-0.3, -0.25) is 9.48 Å². The molecular weight excluding hydrogens is 368 g/mol. The second-order valence-electron chi connectivity index (χ2n) is 7.69.